The molecule has 4 N–H and O–H groups in total. The normalized spacial score (nSPS) is 20.8. The maximum atomic E-state index is 13.6. The molecule has 2 amide bonds. The fraction of sp³-hybridized carbons (Fsp3) is 0.360. The summed E-state index contributed by atoms with van der Waals surface area (Å²) < 4.78 is 16.9. The minimum atomic E-state index is -0.681. The maximum Gasteiger partial charge on any atom is 0.298 e. The van der Waals surface area contributed by atoms with Gasteiger partial charge < -0.3 is 16.4 Å². The van der Waals surface area contributed by atoms with E-state index in [2.05, 4.69) is 22.0 Å². The largest absolute Gasteiger partial charge is 0.383 e. The van der Waals surface area contributed by atoms with Crippen LogP contribution < -0.4 is 11.5 Å². The molecule has 11 heteroatoms. The number of hydrogen-bond donors (Lipinski definition) is 2. The number of aromatic nitrogens is 4. The Morgan fingerprint density at radius 2 is 2.11 bits per heavy atom. The summed E-state index contributed by atoms with van der Waals surface area (Å²) in [6.07, 6.45) is 5.72. The van der Waals surface area contributed by atoms with Gasteiger partial charge in [0.1, 0.15) is 22.9 Å². The van der Waals surface area contributed by atoms with Gasteiger partial charge >= 0.3 is 0 Å². The van der Waals surface area contributed by atoms with Gasteiger partial charge in [0.05, 0.1) is 18.8 Å². The molecule has 9 nitrogen and oxygen atoms in total. The Morgan fingerprint density at radius 1 is 1.33 bits per heavy atom. The van der Waals surface area contributed by atoms with Gasteiger partial charge in [-0.2, -0.15) is 10.2 Å². The molecule has 1 aliphatic heterocycles. The molecule has 1 aliphatic carbocycles. The van der Waals surface area contributed by atoms with Crippen LogP contribution in [0.15, 0.2) is 30.6 Å². The molecule has 2 aliphatic rings. The first-order valence-electron chi connectivity index (χ1n) is 11.6. The minimum Gasteiger partial charge on any atom is -0.383 e. The second-order valence-electron chi connectivity index (χ2n) is 9.49. The van der Waals surface area contributed by atoms with Crippen LogP contribution >= 0.6 is 11.6 Å². The quantitative estimate of drug-likeness (QED) is 0.512. The van der Waals surface area contributed by atoms with E-state index in [1.807, 2.05) is 0 Å². The van der Waals surface area contributed by atoms with Crippen LogP contribution in [0.2, 0.25) is 5.02 Å². The third-order valence-electron chi connectivity index (χ3n) is 7.08. The van der Waals surface area contributed by atoms with Gasteiger partial charge in [-0.25, -0.2) is 9.07 Å². The summed E-state index contributed by atoms with van der Waals surface area (Å²) in [5.74, 6) is 4.25. The van der Waals surface area contributed by atoms with Crippen molar-refractivity contribution in [2.24, 2.45) is 11.1 Å². The molecule has 186 valence electrons. The first-order valence-corrected chi connectivity index (χ1v) is 11.9. The molecule has 2 aromatic heterocycles. The highest BCUT2D eigenvalue weighted by Crippen LogP contribution is 2.54. The molecule has 0 atom stereocenters. The predicted molar refractivity (Wildman–Crippen MR) is 132 cm³/mol. The van der Waals surface area contributed by atoms with Crippen molar-refractivity contribution in [1.29, 1.82) is 0 Å². The van der Waals surface area contributed by atoms with Crippen molar-refractivity contribution in [3.8, 4) is 23.1 Å². The second-order valence-corrected chi connectivity index (χ2v) is 9.90. The third-order valence-corrected chi connectivity index (χ3v) is 7.45. The molecule has 0 radical (unpaired) electrons. The molecule has 1 spiro atoms. The number of hydrogen-bond acceptors (Lipinski definition) is 5. The number of nitrogens with zero attached hydrogens (tertiary/aromatic N) is 5. The molecule has 3 heterocycles. The van der Waals surface area contributed by atoms with Crippen molar-refractivity contribution in [2.75, 3.05) is 18.8 Å². The lowest BCUT2D eigenvalue weighted by molar-refractivity contribution is -0.125. The second kappa shape index (κ2) is 8.99. The number of nitrogen functional groups attached to an aromatic ring is 1. The summed E-state index contributed by atoms with van der Waals surface area (Å²) in [6.45, 7) is 3.23. The summed E-state index contributed by atoms with van der Waals surface area (Å²) in [6, 6.07) is 4.13. The molecule has 1 saturated carbocycles. The van der Waals surface area contributed by atoms with E-state index in [0.29, 0.717) is 34.9 Å². The number of nitrogens with two attached hydrogens (primary N) is 2. The maximum absolute atomic E-state index is 13.6. The van der Waals surface area contributed by atoms with E-state index < -0.39 is 11.7 Å². The van der Waals surface area contributed by atoms with Gasteiger partial charge in [0, 0.05) is 29.9 Å². The number of rotatable bonds is 5. The lowest BCUT2D eigenvalue weighted by Gasteiger charge is -2.45. The van der Waals surface area contributed by atoms with Gasteiger partial charge in [-0.1, -0.05) is 17.5 Å². The monoisotopic (exact) mass is 509 g/mol. The van der Waals surface area contributed by atoms with Crippen LogP contribution in [0.4, 0.5) is 10.2 Å². The van der Waals surface area contributed by atoms with E-state index in [9.17, 15) is 14.0 Å². The highest BCUT2D eigenvalue weighted by molar-refractivity contribution is 6.31. The van der Waals surface area contributed by atoms with E-state index in [1.54, 1.807) is 33.6 Å². The number of carbonyl (C=O) groups is 2. The zero-order valence-electron chi connectivity index (χ0n) is 19.7. The molecule has 36 heavy (non-hydrogen) atoms. The molecule has 1 saturated heterocycles. The number of primary amides is 1. The summed E-state index contributed by atoms with van der Waals surface area (Å²) in [7, 11) is 0. The van der Waals surface area contributed by atoms with Crippen molar-refractivity contribution >= 4 is 29.2 Å². The molecule has 0 bridgehead atoms. The number of benzene rings is 1. The fourth-order valence-corrected chi connectivity index (χ4v) is 5.50. The molecular formula is C25H25ClFN7O2. The van der Waals surface area contributed by atoms with E-state index in [-0.39, 0.29) is 35.3 Å². The van der Waals surface area contributed by atoms with Crippen LogP contribution in [0.1, 0.15) is 48.1 Å². The fourth-order valence-electron chi connectivity index (χ4n) is 5.32. The Bertz CT molecular complexity index is 1430. The lowest BCUT2D eigenvalue weighted by atomic mass is 9.65. The number of amides is 2. The Kier molecular flexibility index (Phi) is 5.96. The number of carbonyl (C=O) groups excluding carboxylic acids is 2. The first-order chi connectivity index (χ1) is 17.2. The molecule has 2 fully saturated rings. The summed E-state index contributed by atoms with van der Waals surface area (Å²) in [5.41, 5.74) is 13.7. The van der Waals surface area contributed by atoms with Gasteiger partial charge in [-0.05, 0) is 61.3 Å². The van der Waals surface area contributed by atoms with Crippen molar-refractivity contribution in [1.82, 2.24) is 24.5 Å². The smallest absolute Gasteiger partial charge is 0.298 e. The van der Waals surface area contributed by atoms with Gasteiger partial charge in [-0.15, -0.1) is 0 Å². The SMILES string of the molecule is CC#CC(=O)N1CCC2(CC(n3nc(-c4cnn(Cc5cc(F)ccc5Cl)c4)c(C(N)=O)c3N)C2)C1. The van der Waals surface area contributed by atoms with Crippen LogP contribution in [0.25, 0.3) is 11.3 Å². The number of anilines is 1. The molecule has 5 rings (SSSR count). The van der Waals surface area contributed by atoms with E-state index in [1.165, 1.54) is 18.2 Å². The minimum absolute atomic E-state index is 0.00898. The molecular weight excluding hydrogens is 485 g/mol. The van der Waals surface area contributed by atoms with E-state index in [0.717, 1.165) is 19.3 Å². The Labute approximate surface area is 212 Å². The van der Waals surface area contributed by atoms with Gasteiger partial charge in [0.2, 0.25) is 0 Å². The van der Waals surface area contributed by atoms with Gasteiger partial charge in [0.15, 0.2) is 0 Å². The zero-order chi connectivity index (χ0) is 25.6. The lowest BCUT2D eigenvalue weighted by Crippen LogP contribution is -2.42. The summed E-state index contributed by atoms with van der Waals surface area (Å²) >= 11 is 6.18. The van der Waals surface area contributed by atoms with Crippen molar-refractivity contribution < 1.29 is 14.0 Å². The van der Waals surface area contributed by atoms with Crippen LogP contribution in [-0.4, -0.2) is 49.4 Å². The van der Waals surface area contributed by atoms with Crippen LogP contribution in [-0.2, 0) is 11.3 Å². The average Bonchev–Trinajstić information content (AvgIpc) is 3.52. The Morgan fingerprint density at radius 3 is 2.83 bits per heavy atom. The summed E-state index contributed by atoms with van der Waals surface area (Å²) in [5, 5.41) is 9.41. The van der Waals surface area contributed by atoms with Crippen molar-refractivity contribution in [3.63, 3.8) is 0 Å². The standard InChI is InChI=1S/C25H25ClFN7O2/c1-2-3-20(35)32-7-6-25(14-32)9-18(10-25)34-23(28)21(24(29)36)22(31-34)16-11-30-33(13-16)12-15-8-17(27)4-5-19(15)26/h4-5,8,11,13,18H,6-7,9-10,12,14,28H2,1H3,(H2,29,36). The summed E-state index contributed by atoms with van der Waals surface area (Å²) in [4.78, 5) is 26.2. The number of halogens is 2. The number of likely N-dealkylation sites (tertiary alicyclic amines) is 1. The average molecular weight is 510 g/mol. The topological polar surface area (TPSA) is 125 Å². The van der Waals surface area contributed by atoms with Crippen molar-refractivity contribution in [2.45, 2.75) is 38.8 Å². The van der Waals surface area contributed by atoms with Gasteiger partial charge in [0.25, 0.3) is 11.8 Å². The van der Waals surface area contributed by atoms with Crippen molar-refractivity contribution in [3.05, 3.63) is 52.6 Å². The third kappa shape index (κ3) is 4.20. The van der Waals surface area contributed by atoms with E-state index in [4.69, 9.17) is 23.1 Å². The van der Waals surface area contributed by atoms with Crippen LogP contribution in [0, 0.1) is 23.1 Å². The zero-order valence-corrected chi connectivity index (χ0v) is 20.4. The van der Waals surface area contributed by atoms with Crippen LogP contribution in [0.3, 0.4) is 0 Å². The predicted octanol–water partition coefficient (Wildman–Crippen LogP) is 2.85. The van der Waals surface area contributed by atoms with Crippen LogP contribution in [0.5, 0.6) is 0 Å². The Hall–Kier alpha value is -3.84. The van der Waals surface area contributed by atoms with E-state index >= 15 is 0 Å². The molecule has 0 unspecified atom stereocenters. The van der Waals surface area contributed by atoms with Gasteiger partial charge in [-0.3, -0.25) is 14.3 Å². The molecule has 1 aromatic carbocycles. The highest BCUT2D eigenvalue weighted by atomic mass is 35.5. The first kappa shape index (κ1) is 23.9. The molecule has 3 aromatic rings. The Balaban J connectivity index is 1.37. The highest BCUT2D eigenvalue weighted by Gasteiger charge is 2.51.